The van der Waals surface area contributed by atoms with Crippen LogP contribution < -0.4 is 31.9 Å². The number of aryl methyl sites for hydroxylation is 1. The zero-order valence-corrected chi connectivity index (χ0v) is 45.5. The molecule has 5 aromatic rings. The maximum atomic E-state index is 14.9. The van der Waals surface area contributed by atoms with Crippen molar-refractivity contribution in [1.82, 2.24) is 46.7 Å². The van der Waals surface area contributed by atoms with E-state index in [9.17, 15) is 48.2 Å². The first-order valence-electron chi connectivity index (χ1n) is 27.6. The van der Waals surface area contributed by atoms with Crippen LogP contribution in [0.15, 0.2) is 122 Å². The van der Waals surface area contributed by atoms with Crippen LogP contribution in [0.5, 0.6) is 5.75 Å². The minimum Gasteiger partial charge on any atom is -0.508 e. The number of carbonyl (C=O) groups excluding carboxylic acids is 7. The number of unbranched alkanes of at least 4 members (excludes halogenated alkanes) is 1. The van der Waals surface area contributed by atoms with Gasteiger partial charge in [-0.2, -0.15) is 0 Å². The summed E-state index contributed by atoms with van der Waals surface area (Å²) in [5.41, 5.74) is 4.81. The van der Waals surface area contributed by atoms with Gasteiger partial charge in [0.25, 0.3) is 5.91 Å². The third-order valence-corrected chi connectivity index (χ3v) is 14.4. The predicted octanol–water partition coefficient (Wildman–Crippen LogP) is 4.51. The Morgan fingerprint density at radius 1 is 0.700 bits per heavy atom. The minimum atomic E-state index is -1.63. The Hall–Kier alpha value is -8.03. The molecule has 4 aromatic carbocycles. The number of phenolic OH excluding ortho intramolecular Hbond substituents is 1. The number of fused-ring (bicyclic) bond motifs is 1. The van der Waals surface area contributed by atoms with Gasteiger partial charge >= 0.3 is 0 Å². The Morgan fingerprint density at radius 2 is 1.40 bits per heavy atom. The molecule has 2 aliphatic rings. The molecule has 7 rings (SSSR count). The standard InChI is InChI=1S/C61H74FN9O9/c1-40(2)33-51(57(76)65-29-32-70-30-8-9-31-70)68-58(77)50(14-6-7-28-64-56(75)46-13-10-27-63-37-46)67-60(79)54-36-45-22-25-49(73)35-47(45)38-71(54)61(80)53(39-72)69-59(78)52(66-55(74)26-19-41-17-23-48(62)24-18-41)34-42-15-20-44(21-16-42)43-11-4-3-5-12-43/h3-5,10-13,15-18,20-25,27,35,37,40,50-54,72-73H,6-9,14,19,26,28-34,36,38-39H2,1-2H3,(H,64,75)(H,65,76)(H,66,74)(H,67,79)(H,68,77)(H,69,78). The van der Waals surface area contributed by atoms with E-state index < -0.39 is 72.2 Å². The molecule has 0 radical (unpaired) electrons. The van der Waals surface area contributed by atoms with Crippen molar-refractivity contribution in [3.8, 4) is 16.9 Å². The second-order valence-electron chi connectivity index (χ2n) is 21.0. The molecule has 8 N–H and O–H groups in total. The van der Waals surface area contributed by atoms with E-state index in [1.54, 1.807) is 36.5 Å². The van der Waals surface area contributed by atoms with Crippen molar-refractivity contribution in [2.45, 2.75) is 115 Å². The number of aliphatic hydroxyl groups excluding tert-OH is 1. The molecule has 0 saturated carbocycles. The van der Waals surface area contributed by atoms with Gasteiger partial charge in [-0.25, -0.2) is 4.39 Å². The monoisotopic (exact) mass is 1100 g/mol. The summed E-state index contributed by atoms with van der Waals surface area (Å²) in [6.07, 6.45) is 6.48. The molecule has 0 aliphatic carbocycles. The third-order valence-electron chi connectivity index (χ3n) is 14.4. The number of aromatic nitrogens is 1. The number of aliphatic hydroxyl groups is 1. The highest BCUT2D eigenvalue weighted by molar-refractivity contribution is 5.97. The predicted molar refractivity (Wildman–Crippen MR) is 300 cm³/mol. The van der Waals surface area contributed by atoms with E-state index in [0.717, 1.165) is 37.1 Å². The molecule has 18 nitrogen and oxygen atoms in total. The number of aromatic hydroxyl groups is 1. The minimum absolute atomic E-state index is 0.00442. The second-order valence-corrected chi connectivity index (χ2v) is 21.0. The average molecular weight is 1100 g/mol. The van der Waals surface area contributed by atoms with Gasteiger partial charge in [0.15, 0.2) is 0 Å². The van der Waals surface area contributed by atoms with Gasteiger partial charge in [0.2, 0.25) is 35.4 Å². The van der Waals surface area contributed by atoms with E-state index in [0.29, 0.717) is 60.2 Å². The van der Waals surface area contributed by atoms with Crippen LogP contribution in [-0.4, -0.2) is 136 Å². The van der Waals surface area contributed by atoms with E-state index in [-0.39, 0.29) is 68.7 Å². The second kappa shape index (κ2) is 29.8. The van der Waals surface area contributed by atoms with Crippen LogP contribution in [0.25, 0.3) is 11.1 Å². The summed E-state index contributed by atoms with van der Waals surface area (Å²) in [5, 5.41) is 38.5. The quantitative estimate of drug-likeness (QED) is 0.0340. The fourth-order valence-corrected chi connectivity index (χ4v) is 10.0. The van der Waals surface area contributed by atoms with E-state index in [1.165, 1.54) is 35.4 Å². The summed E-state index contributed by atoms with van der Waals surface area (Å²) < 4.78 is 13.6. The lowest BCUT2D eigenvalue weighted by molar-refractivity contribution is -0.146. The Balaban J connectivity index is 1.09. The highest BCUT2D eigenvalue weighted by atomic mass is 19.1. The summed E-state index contributed by atoms with van der Waals surface area (Å²) in [4.78, 5) is 106. The first-order valence-corrected chi connectivity index (χ1v) is 27.6. The molecule has 1 aromatic heterocycles. The lowest BCUT2D eigenvalue weighted by Crippen LogP contribution is -2.62. The molecule has 1 saturated heterocycles. The molecular formula is C61H74FN9O9. The van der Waals surface area contributed by atoms with Crippen LogP contribution in [0.3, 0.4) is 0 Å². The van der Waals surface area contributed by atoms with Gasteiger partial charge in [-0.15, -0.1) is 0 Å². The van der Waals surface area contributed by atoms with Gasteiger partial charge in [-0.3, -0.25) is 38.5 Å². The Morgan fingerprint density at radius 3 is 2.10 bits per heavy atom. The molecule has 1 fully saturated rings. The molecule has 424 valence electrons. The number of halogens is 1. The van der Waals surface area contributed by atoms with Crippen molar-refractivity contribution < 1.29 is 48.2 Å². The van der Waals surface area contributed by atoms with Gasteiger partial charge in [0.1, 0.15) is 41.8 Å². The molecule has 3 heterocycles. The highest BCUT2D eigenvalue weighted by Gasteiger charge is 2.40. The number of hydrogen-bond donors (Lipinski definition) is 8. The smallest absolute Gasteiger partial charge is 0.252 e. The molecule has 80 heavy (non-hydrogen) atoms. The van der Waals surface area contributed by atoms with Gasteiger partial charge < -0.3 is 51.9 Å². The number of carbonyl (C=O) groups is 7. The molecule has 5 unspecified atom stereocenters. The maximum absolute atomic E-state index is 14.9. The lowest BCUT2D eigenvalue weighted by atomic mass is 9.92. The highest BCUT2D eigenvalue weighted by Crippen LogP contribution is 2.28. The fraction of sp³-hybridized carbons (Fsp3) is 0.410. The van der Waals surface area contributed by atoms with Crippen LogP contribution in [0.4, 0.5) is 4.39 Å². The zero-order valence-electron chi connectivity index (χ0n) is 45.5. The van der Waals surface area contributed by atoms with Crippen LogP contribution in [0, 0.1) is 11.7 Å². The van der Waals surface area contributed by atoms with E-state index in [2.05, 4.69) is 41.8 Å². The van der Waals surface area contributed by atoms with Crippen LogP contribution in [0.1, 0.15) is 91.4 Å². The first-order chi connectivity index (χ1) is 38.6. The number of pyridine rings is 1. The van der Waals surface area contributed by atoms with Gasteiger partial charge in [-0.1, -0.05) is 86.6 Å². The maximum Gasteiger partial charge on any atom is 0.252 e. The molecule has 0 spiro atoms. The zero-order chi connectivity index (χ0) is 57.0. The number of phenols is 1. The van der Waals surface area contributed by atoms with E-state index >= 15 is 0 Å². The Bertz CT molecular complexity index is 2870. The molecular weight excluding hydrogens is 1020 g/mol. The molecule has 2 aliphatic heterocycles. The SMILES string of the molecule is CC(C)CC(NC(=O)C(CCCCNC(=O)c1cccnc1)NC(=O)C1Cc2ccc(O)cc2CN1C(=O)C(CO)NC(=O)C(Cc1ccc(-c2ccccc2)cc1)NC(=O)CCc1ccc(F)cc1)C(=O)NCCN1CCCC1. The van der Waals surface area contributed by atoms with Gasteiger partial charge in [0, 0.05) is 57.8 Å². The molecule has 7 amide bonds. The number of hydrogen-bond acceptors (Lipinski definition) is 11. The molecule has 0 bridgehead atoms. The number of amides is 7. The molecule has 19 heteroatoms. The normalized spacial score (nSPS) is 15.6. The average Bonchev–Trinajstić information content (AvgIpc) is 3.99. The van der Waals surface area contributed by atoms with Crippen LogP contribution >= 0.6 is 0 Å². The number of benzene rings is 4. The van der Waals surface area contributed by atoms with Crippen molar-refractivity contribution in [3.05, 3.63) is 155 Å². The topological polar surface area (TPSA) is 251 Å². The van der Waals surface area contributed by atoms with E-state index in [4.69, 9.17) is 0 Å². The van der Waals surface area contributed by atoms with Gasteiger partial charge in [0.05, 0.1) is 12.2 Å². The summed E-state index contributed by atoms with van der Waals surface area (Å²) in [6.45, 7) is 5.96. The number of nitrogens with one attached hydrogen (secondary N) is 6. The third kappa shape index (κ3) is 17.7. The molecule has 5 atom stereocenters. The van der Waals surface area contributed by atoms with Crippen LogP contribution in [-0.2, 0) is 54.6 Å². The van der Waals surface area contributed by atoms with Gasteiger partial charge in [-0.05, 0) is 134 Å². The van der Waals surface area contributed by atoms with Crippen molar-refractivity contribution >= 4 is 41.4 Å². The first kappa shape index (κ1) is 59.6. The number of likely N-dealkylation sites (tertiary alicyclic amines) is 1. The van der Waals surface area contributed by atoms with Crippen molar-refractivity contribution in [3.63, 3.8) is 0 Å². The van der Waals surface area contributed by atoms with Crippen molar-refractivity contribution in [2.24, 2.45) is 5.92 Å². The Kier molecular flexibility index (Phi) is 22.2. The summed E-state index contributed by atoms with van der Waals surface area (Å²) >= 11 is 0. The lowest BCUT2D eigenvalue weighted by Gasteiger charge is -2.38. The van der Waals surface area contributed by atoms with E-state index in [1.807, 2.05) is 68.4 Å². The number of rotatable bonds is 27. The van der Waals surface area contributed by atoms with Crippen molar-refractivity contribution in [2.75, 3.05) is 39.3 Å². The number of nitrogens with zero attached hydrogens (tertiary/aromatic N) is 3. The fourth-order valence-electron chi connectivity index (χ4n) is 10.0. The van der Waals surface area contributed by atoms with Crippen LogP contribution in [0.2, 0.25) is 0 Å². The summed E-state index contributed by atoms with van der Waals surface area (Å²) in [7, 11) is 0. The summed E-state index contributed by atoms with van der Waals surface area (Å²) in [6, 6.07) is 24.4. The Labute approximate surface area is 466 Å². The summed E-state index contributed by atoms with van der Waals surface area (Å²) in [5.74, 6) is -4.68. The largest absolute Gasteiger partial charge is 0.508 e. The van der Waals surface area contributed by atoms with Crippen molar-refractivity contribution in [1.29, 1.82) is 0 Å².